The summed E-state index contributed by atoms with van der Waals surface area (Å²) in [4.78, 5) is 35.8. The molecule has 0 aliphatic heterocycles. The molecule has 1 aromatic rings. The van der Waals surface area contributed by atoms with Gasteiger partial charge in [-0.3, -0.25) is 9.13 Å². The smallest absolute Gasteiger partial charge is 0.324 e. The van der Waals surface area contributed by atoms with Crippen LogP contribution in [0.1, 0.15) is 16.5 Å². The Morgan fingerprint density at radius 1 is 0.938 bits per heavy atom. The van der Waals surface area contributed by atoms with E-state index in [1.54, 1.807) is 6.92 Å². The molecule has 1 rings (SSSR count). The van der Waals surface area contributed by atoms with Crippen molar-refractivity contribution in [3.05, 3.63) is 35.4 Å². The molecule has 0 bridgehead atoms. The molecule has 0 atom stereocenters. The second kappa shape index (κ2) is 4.41. The fourth-order valence-electron chi connectivity index (χ4n) is 1.32. The molecule has 0 heterocycles. The predicted molar refractivity (Wildman–Crippen MR) is 58.0 cm³/mol. The minimum Gasteiger partial charge on any atom is -0.324 e. The summed E-state index contributed by atoms with van der Waals surface area (Å²) in [6.07, 6.45) is 0. The first-order valence-corrected chi connectivity index (χ1v) is 7.65. The lowest BCUT2D eigenvalue weighted by molar-refractivity contribution is 0.340. The van der Waals surface area contributed by atoms with Gasteiger partial charge in [0.15, 0.2) is 5.40 Å². The molecule has 0 aromatic heterocycles. The Balaban J connectivity index is 3.29. The summed E-state index contributed by atoms with van der Waals surface area (Å²) < 4.78 is 22.1. The molecule has 0 spiro atoms. The zero-order valence-corrected chi connectivity index (χ0v) is 10.2. The Morgan fingerprint density at radius 2 is 1.31 bits per heavy atom. The molecule has 90 valence electrons. The molecule has 16 heavy (non-hydrogen) atoms. The fourth-order valence-corrected chi connectivity index (χ4v) is 4.01. The van der Waals surface area contributed by atoms with Crippen molar-refractivity contribution in [3.8, 4) is 0 Å². The largest absolute Gasteiger partial charge is 0.345 e. The Morgan fingerprint density at radius 3 is 1.62 bits per heavy atom. The first kappa shape index (κ1) is 13.6. The van der Waals surface area contributed by atoms with Crippen molar-refractivity contribution in [1.29, 1.82) is 0 Å². The van der Waals surface area contributed by atoms with Crippen LogP contribution in [0.3, 0.4) is 0 Å². The first-order chi connectivity index (χ1) is 7.12. The summed E-state index contributed by atoms with van der Waals surface area (Å²) >= 11 is 0. The number of benzene rings is 1. The Hall–Kier alpha value is -0.480. The molecule has 0 radical (unpaired) electrons. The van der Waals surface area contributed by atoms with E-state index in [0.717, 1.165) is 5.56 Å². The Bertz CT molecular complexity index is 434. The molecule has 4 N–H and O–H groups in total. The zero-order valence-electron chi connectivity index (χ0n) is 8.39. The summed E-state index contributed by atoms with van der Waals surface area (Å²) in [7, 11) is -9.80. The van der Waals surface area contributed by atoms with Gasteiger partial charge in [0, 0.05) is 0 Å². The van der Waals surface area contributed by atoms with E-state index >= 15 is 0 Å². The summed E-state index contributed by atoms with van der Waals surface area (Å²) in [5.74, 6) is 0. The molecule has 1 aromatic carbocycles. The lowest BCUT2D eigenvalue weighted by Crippen LogP contribution is -2.01. The fraction of sp³-hybridized carbons (Fsp3) is 0.250. The standard InChI is InChI=1S/C8H12O6P2/c1-6-2-4-7(5-3-6)8(15(9,10)11)16(12,13)14/h2-5,8H,1H3,(H2,9,10,11)(H2,12,13,14). The maximum Gasteiger partial charge on any atom is 0.345 e. The van der Waals surface area contributed by atoms with Gasteiger partial charge < -0.3 is 19.6 Å². The Kier molecular flexibility index (Phi) is 3.75. The molecule has 0 aliphatic rings. The second-order valence-corrected chi connectivity index (χ2v) is 7.26. The SMILES string of the molecule is Cc1ccc(C(P(=O)(O)O)P(=O)(O)O)cc1. The van der Waals surface area contributed by atoms with Crippen molar-refractivity contribution in [2.75, 3.05) is 0 Å². The highest BCUT2D eigenvalue weighted by Gasteiger charge is 2.44. The molecular weight excluding hydrogens is 254 g/mol. The minimum atomic E-state index is -4.90. The van der Waals surface area contributed by atoms with Crippen molar-refractivity contribution < 1.29 is 28.7 Å². The van der Waals surface area contributed by atoms with E-state index < -0.39 is 20.6 Å². The molecule has 0 aliphatic carbocycles. The van der Waals surface area contributed by atoms with Crippen LogP contribution < -0.4 is 0 Å². The molecule has 0 saturated heterocycles. The molecular formula is C8H12O6P2. The third-order valence-electron chi connectivity index (χ3n) is 2.01. The summed E-state index contributed by atoms with van der Waals surface area (Å²) in [6.45, 7) is 1.76. The average molecular weight is 266 g/mol. The van der Waals surface area contributed by atoms with Crippen LogP contribution in [0.2, 0.25) is 0 Å². The number of hydrogen-bond acceptors (Lipinski definition) is 2. The van der Waals surface area contributed by atoms with Crippen LogP contribution in [0.15, 0.2) is 24.3 Å². The number of rotatable bonds is 3. The maximum absolute atomic E-state index is 11.1. The second-order valence-electron chi connectivity index (χ2n) is 3.46. The van der Waals surface area contributed by atoms with Crippen LogP contribution in [0, 0.1) is 6.92 Å². The minimum absolute atomic E-state index is 0.0627. The Labute approximate surface area is 92.3 Å². The third kappa shape index (κ3) is 3.25. The monoisotopic (exact) mass is 266 g/mol. The van der Waals surface area contributed by atoms with Crippen LogP contribution in [0.4, 0.5) is 0 Å². The topological polar surface area (TPSA) is 115 Å². The highest BCUT2D eigenvalue weighted by atomic mass is 31.2. The first-order valence-electron chi connectivity index (χ1n) is 4.29. The van der Waals surface area contributed by atoms with Gasteiger partial charge in [0.25, 0.3) is 0 Å². The van der Waals surface area contributed by atoms with E-state index in [0.29, 0.717) is 0 Å². The van der Waals surface area contributed by atoms with Gasteiger partial charge in [0.05, 0.1) is 0 Å². The van der Waals surface area contributed by atoms with Crippen molar-refractivity contribution in [2.45, 2.75) is 12.3 Å². The van der Waals surface area contributed by atoms with Crippen LogP contribution >= 0.6 is 15.2 Å². The van der Waals surface area contributed by atoms with E-state index in [4.69, 9.17) is 19.6 Å². The van der Waals surface area contributed by atoms with Gasteiger partial charge in [-0.05, 0) is 12.5 Å². The van der Waals surface area contributed by atoms with Crippen molar-refractivity contribution in [3.63, 3.8) is 0 Å². The molecule has 6 nitrogen and oxygen atoms in total. The van der Waals surface area contributed by atoms with E-state index in [9.17, 15) is 9.13 Å². The molecule has 0 fully saturated rings. The van der Waals surface area contributed by atoms with Crippen molar-refractivity contribution >= 4 is 15.2 Å². The van der Waals surface area contributed by atoms with E-state index in [1.807, 2.05) is 0 Å². The summed E-state index contributed by atoms with van der Waals surface area (Å²) in [5, 5.41) is -2.08. The third-order valence-corrected chi connectivity index (χ3v) is 5.69. The van der Waals surface area contributed by atoms with Crippen LogP contribution in [-0.4, -0.2) is 19.6 Å². The summed E-state index contributed by atoms with van der Waals surface area (Å²) in [5.41, 5.74) is 0.770. The van der Waals surface area contributed by atoms with E-state index in [2.05, 4.69) is 0 Å². The van der Waals surface area contributed by atoms with E-state index in [-0.39, 0.29) is 5.56 Å². The van der Waals surface area contributed by atoms with Crippen molar-refractivity contribution in [2.24, 2.45) is 0 Å². The predicted octanol–water partition coefficient (Wildman–Crippen LogP) is 1.35. The lowest BCUT2D eigenvalue weighted by atomic mass is 10.2. The van der Waals surface area contributed by atoms with Gasteiger partial charge in [-0.1, -0.05) is 29.8 Å². The van der Waals surface area contributed by atoms with Crippen molar-refractivity contribution in [1.82, 2.24) is 0 Å². The van der Waals surface area contributed by atoms with Crippen LogP contribution in [0.5, 0.6) is 0 Å². The van der Waals surface area contributed by atoms with E-state index in [1.165, 1.54) is 24.3 Å². The normalized spacial score (nSPS) is 13.1. The average Bonchev–Trinajstić information content (AvgIpc) is 2.03. The van der Waals surface area contributed by atoms with Gasteiger partial charge in [0.1, 0.15) is 0 Å². The number of aryl methyl sites for hydroxylation is 1. The highest BCUT2D eigenvalue weighted by Crippen LogP contribution is 2.69. The molecule has 0 saturated carbocycles. The van der Waals surface area contributed by atoms with Gasteiger partial charge in [-0.25, -0.2) is 0 Å². The highest BCUT2D eigenvalue weighted by molar-refractivity contribution is 7.70. The van der Waals surface area contributed by atoms with Crippen LogP contribution in [-0.2, 0) is 9.13 Å². The van der Waals surface area contributed by atoms with Gasteiger partial charge >= 0.3 is 15.2 Å². The maximum atomic E-state index is 11.1. The van der Waals surface area contributed by atoms with Crippen LogP contribution in [0.25, 0.3) is 0 Å². The quantitative estimate of drug-likeness (QED) is 0.614. The zero-order chi connectivity index (χ0) is 12.6. The molecule has 0 unspecified atom stereocenters. The molecule has 8 heteroatoms. The van der Waals surface area contributed by atoms with Gasteiger partial charge in [-0.2, -0.15) is 0 Å². The van der Waals surface area contributed by atoms with Gasteiger partial charge in [0.2, 0.25) is 0 Å². The van der Waals surface area contributed by atoms with Gasteiger partial charge in [-0.15, -0.1) is 0 Å². The summed E-state index contributed by atoms with van der Waals surface area (Å²) in [6, 6.07) is 5.68. The lowest BCUT2D eigenvalue weighted by Gasteiger charge is -2.19. The number of hydrogen-bond donors (Lipinski definition) is 4. The molecule has 0 amide bonds.